The van der Waals surface area contributed by atoms with Crippen LogP contribution in [0.2, 0.25) is 0 Å². The van der Waals surface area contributed by atoms with Crippen molar-refractivity contribution in [2.45, 2.75) is 12.7 Å². The standard InChI is InChI=1S/C11H11F3N4/c1-18-6-9(11(12,13)14)17-10(18)8-3-2-7(4-15)5-16-8/h2-3,5-6H,4,15H2,1H3. The molecule has 0 bridgehead atoms. The van der Waals surface area contributed by atoms with Crippen LogP contribution in [-0.4, -0.2) is 14.5 Å². The van der Waals surface area contributed by atoms with E-state index in [4.69, 9.17) is 5.73 Å². The Labute approximate surface area is 101 Å². The van der Waals surface area contributed by atoms with Crippen LogP contribution in [0.15, 0.2) is 24.5 Å². The topological polar surface area (TPSA) is 56.7 Å². The highest BCUT2D eigenvalue weighted by molar-refractivity contribution is 5.50. The molecule has 0 radical (unpaired) electrons. The van der Waals surface area contributed by atoms with Crippen molar-refractivity contribution >= 4 is 0 Å². The number of hydrogen-bond donors (Lipinski definition) is 1. The first-order valence-corrected chi connectivity index (χ1v) is 5.17. The fourth-order valence-electron chi connectivity index (χ4n) is 1.52. The van der Waals surface area contributed by atoms with Gasteiger partial charge >= 0.3 is 6.18 Å². The van der Waals surface area contributed by atoms with Gasteiger partial charge in [0.05, 0.1) is 0 Å². The van der Waals surface area contributed by atoms with Gasteiger partial charge in [-0.25, -0.2) is 4.98 Å². The number of pyridine rings is 1. The minimum atomic E-state index is -4.45. The Bertz CT molecular complexity index is 542. The Morgan fingerprint density at radius 1 is 1.33 bits per heavy atom. The molecule has 0 atom stereocenters. The van der Waals surface area contributed by atoms with Gasteiger partial charge in [-0.1, -0.05) is 6.07 Å². The predicted molar refractivity (Wildman–Crippen MR) is 59.3 cm³/mol. The largest absolute Gasteiger partial charge is 0.434 e. The lowest BCUT2D eigenvalue weighted by Gasteiger charge is -2.01. The minimum absolute atomic E-state index is 0.172. The molecule has 0 aliphatic heterocycles. The average molecular weight is 256 g/mol. The van der Waals surface area contributed by atoms with Crippen molar-refractivity contribution in [2.75, 3.05) is 0 Å². The molecule has 0 unspecified atom stereocenters. The summed E-state index contributed by atoms with van der Waals surface area (Å²) in [5, 5.41) is 0. The summed E-state index contributed by atoms with van der Waals surface area (Å²) >= 11 is 0. The fraction of sp³-hybridized carbons (Fsp3) is 0.273. The second kappa shape index (κ2) is 4.41. The molecule has 0 saturated carbocycles. The molecule has 0 spiro atoms. The second-order valence-corrected chi connectivity index (χ2v) is 3.81. The zero-order valence-electron chi connectivity index (χ0n) is 9.57. The van der Waals surface area contributed by atoms with E-state index in [1.807, 2.05) is 0 Å². The summed E-state index contributed by atoms with van der Waals surface area (Å²) in [6.07, 6.45) is -1.99. The summed E-state index contributed by atoms with van der Waals surface area (Å²) in [5.41, 5.74) is 5.68. The number of alkyl halides is 3. The van der Waals surface area contributed by atoms with Crippen LogP contribution in [0.4, 0.5) is 13.2 Å². The molecule has 0 saturated heterocycles. The lowest BCUT2D eigenvalue weighted by Crippen LogP contribution is -2.05. The summed E-state index contributed by atoms with van der Waals surface area (Å²) < 4.78 is 38.8. The molecule has 4 nitrogen and oxygen atoms in total. The summed E-state index contributed by atoms with van der Waals surface area (Å²) in [6, 6.07) is 3.31. The predicted octanol–water partition coefficient (Wildman–Crippen LogP) is 1.96. The van der Waals surface area contributed by atoms with Gasteiger partial charge in [0, 0.05) is 26.0 Å². The van der Waals surface area contributed by atoms with E-state index >= 15 is 0 Å². The van der Waals surface area contributed by atoms with Crippen LogP contribution in [0.5, 0.6) is 0 Å². The van der Waals surface area contributed by atoms with E-state index in [0.29, 0.717) is 12.2 Å². The van der Waals surface area contributed by atoms with Crippen molar-refractivity contribution in [1.29, 1.82) is 0 Å². The first-order chi connectivity index (χ1) is 8.41. The maximum atomic E-state index is 12.5. The van der Waals surface area contributed by atoms with Crippen LogP contribution in [0.1, 0.15) is 11.3 Å². The van der Waals surface area contributed by atoms with E-state index in [1.165, 1.54) is 17.8 Å². The number of hydrogen-bond acceptors (Lipinski definition) is 3. The van der Waals surface area contributed by atoms with Crippen LogP contribution in [0.3, 0.4) is 0 Å². The number of imidazole rings is 1. The molecule has 2 rings (SSSR count). The summed E-state index contributed by atoms with van der Waals surface area (Å²) in [7, 11) is 1.50. The Hall–Kier alpha value is -1.89. The van der Waals surface area contributed by atoms with Gasteiger partial charge in [0.2, 0.25) is 0 Å². The number of aromatic nitrogens is 3. The lowest BCUT2D eigenvalue weighted by molar-refractivity contribution is -0.140. The van der Waals surface area contributed by atoms with E-state index in [9.17, 15) is 13.2 Å². The smallest absolute Gasteiger partial charge is 0.332 e. The van der Waals surface area contributed by atoms with Gasteiger partial charge in [-0.15, -0.1) is 0 Å². The van der Waals surface area contributed by atoms with Crippen LogP contribution >= 0.6 is 0 Å². The van der Waals surface area contributed by atoms with E-state index in [2.05, 4.69) is 9.97 Å². The quantitative estimate of drug-likeness (QED) is 0.893. The number of aryl methyl sites for hydroxylation is 1. The molecule has 0 fully saturated rings. The van der Waals surface area contributed by atoms with Gasteiger partial charge in [-0.3, -0.25) is 4.98 Å². The first kappa shape index (κ1) is 12.6. The number of nitrogens with zero attached hydrogens (tertiary/aromatic N) is 3. The van der Waals surface area contributed by atoms with Crippen molar-refractivity contribution in [2.24, 2.45) is 12.8 Å². The molecule has 2 aromatic rings. The lowest BCUT2D eigenvalue weighted by atomic mass is 10.2. The molecule has 2 heterocycles. The Morgan fingerprint density at radius 3 is 2.50 bits per heavy atom. The van der Waals surface area contributed by atoms with Crippen LogP contribution in [-0.2, 0) is 19.8 Å². The molecule has 2 aromatic heterocycles. The highest BCUT2D eigenvalue weighted by Gasteiger charge is 2.34. The minimum Gasteiger partial charge on any atom is -0.332 e. The monoisotopic (exact) mass is 256 g/mol. The molecule has 18 heavy (non-hydrogen) atoms. The van der Waals surface area contributed by atoms with Crippen molar-refractivity contribution in [1.82, 2.24) is 14.5 Å². The van der Waals surface area contributed by atoms with Crippen LogP contribution < -0.4 is 5.73 Å². The molecule has 0 aromatic carbocycles. The second-order valence-electron chi connectivity index (χ2n) is 3.81. The van der Waals surface area contributed by atoms with E-state index in [0.717, 1.165) is 11.8 Å². The molecule has 0 aliphatic carbocycles. The third kappa shape index (κ3) is 2.35. The molecular formula is C11H11F3N4. The van der Waals surface area contributed by atoms with Gasteiger partial charge in [0.15, 0.2) is 11.5 Å². The number of rotatable bonds is 2. The van der Waals surface area contributed by atoms with Crippen molar-refractivity contribution in [3.05, 3.63) is 35.8 Å². The summed E-state index contributed by atoms with van der Waals surface area (Å²) in [4.78, 5) is 7.60. The molecule has 96 valence electrons. The average Bonchev–Trinajstić information content (AvgIpc) is 2.71. The first-order valence-electron chi connectivity index (χ1n) is 5.17. The van der Waals surface area contributed by atoms with E-state index in [1.54, 1.807) is 12.1 Å². The zero-order valence-corrected chi connectivity index (χ0v) is 9.57. The molecule has 0 amide bonds. The SMILES string of the molecule is Cn1cc(C(F)(F)F)nc1-c1ccc(CN)cn1. The van der Waals surface area contributed by atoms with Gasteiger partial charge in [0.1, 0.15) is 5.69 Å². The van der Waals surface area contributed by atoms with Crippen molar-refractivity contribution in [3.63, 3.8) is 0 Å². The van der Waals surface area contributed by atoms with E-state index in [-0.39, 0.29) is 5.82 Å². The Kier molecular flexibility index (Phi) is 3.08. The van der Waals surface area contributed by atoms with Crippen molar-refractivity contribution < 1.29 is 13.2 Å². The van der Waals surface area contributed by atoms with Gasteiger partial charge in [-0.05, 0) is 11.6 Å². The maximum Gasteiger partial charge on any atom is 0.434 e. The highest BCUT2D eigenvalue weighted by atomic mass is 19.4. The molecule has 7 heteroatoms. The number of nitrogens with two attached hydrogens (primary N) is 1. The Balaban J connectivity index is 2.41. The van der Waals surface area contributed by atoms with Gasteiger partial charge in [0.25, 0.3) is 0 Å². The summed E-state index contributed by atoms with van der Waals surface area (Å²) in [5.74, 6) is 0.172. The third-order valence-electron chi connectivity index (χ3n) is 2.46. The molecule has 2 N–H and O–H groups in total. The van der Waals surface area contributed by atoms with E-state index < -0.39 is 11.9 Å². The van der Waals surface area contributed by atoms with Crippen LogP contribution in [0, 0.1) is 0 Å². The maximum absolute atomic E-state index is 12.5. The van der Waals surface area contributed by atoms with Gasteiger partial charge < -0.3 is 10.3 Å². The molecule has 0 aliphatic rings. The Morgan fingerprint density at radius 2 is 2.06 bits per heavy atom. The highest BCUT2D eigenvalue weighted by Crippen LogP contribution is 2.30. The van der Waals surface area contributed by atoms with Crippen molar-refractivity contribution in [3.8, 4) is 11.5 Å². The summed E-state index contributed by atoms with van der Waals surface area (Å²) in [6.45, 7) is 0.335. The third-order valence-corrected chi connectivity index (χ3v) is 2.46. The molecular weight excluding hydrogens is 245 g/mol. The van der Waals surface area contributed by atoms with Gasteiger partial charge in [-0.2, -0.15) is 13.2 Å². The number of halogens is 3. The fourth-order valence-corrected chi connectivity index (χ4v) is 1.52. The van der Waals surface area contributed by atoms with Crippen LogP contribution in [0.25, 0.3) is 11.5 Å². The zero-order chi connectivity index (χ0) is 13.3. The normalized spacial score (nSPS) is 11.8.